The van der Waals surface area contributed by atoms with Crippen molar-refractivity contribution >= 4 is 25.7 Å². The number of hydrogen-bond donors (Lipinski definition) is 2. The van der Waals surface area contributed by atoms with E-state index in [-0.39, 0.29) is 19.3 Å². The molecule has 388 valence electrons. The quantitative estimate of drug-likeness (QED) is 0.0260. The first-order valence-corrected chi connectivity index (χ1v) is 26.5. The number of phosphoric acid groups is 1. The highest BCUT2D eigenvalue weighted by Gasteiger charge is 2.28. The van der Waals surface area contributed by atoms with Crippen LogP contribution in [0.3, 0.4) is 0 Å². The van der Waals surface area contributed by atoms with Gasteiger partial charge in [-0.2, -0.15) is 0 Å². The molecule has 0 saturated heterocycles. The Morgan fingerprint density at radius 3 is 1.01 bits per heavy atom. The summed E-state index contributed by atoms with van der Waals surface area (Å²) >= 11 is 0. The lowest BCUT2D eigenvalue weighted by atomic mass is 10.2. The Bertz CT molecular complexity index is 1820. The number of aliphatic hydroxyl groups excluding tert-OH is 1. The Kier molecular flexibility index (Phi) is 46.5. The first kappa shape index (κ1) is 64.8. The smallest absolute Gasteiger partial charge is 0.462 e. The molecule has 0 radical (unpaired) electrons. The van der Waals surface area contributed by atoms with E-state index in [1.807, 2.05) is 54.7 Å². The molecule has 12 heteroatoms. The maximum Gasteiger partial charge on any atom is 0.472 e. The van der Waals surface area contributed by atoms with Crippen molar-refractivity contribution in [3.05, 3.63) is 170 Å². The molecule has 0 aliphatic rings. The van der Waals surface area contributed by atoms with Crippen molar-refractivity contribution in [3.8, 4) is 0 Å². The summed E-state index contributed by atoms with van der Waals surface area (Å²) in [4.78, 5) is 48.1. The minimum absolute atomic E-state index is 0.0692. The number of carbonyl (C=O) groups excluding carboxylic acids is 3. The Hall–Kier alpha value is -5.16. The van der Waals surface area contributed by atoms with Gasteiger partial charge in [-0.1, -0.05) is 191 Å². The van der Waals surface area contributed by atoms with Gasteiger partial charge in [-0.3, -0.25) is 23.4 Å². The molecule has 3 unspecified atom stereocenters. The van der Waals surface area contributed by atoms with E-state index in [1.165, 1.54) is 0 Å². The molecule has 0 spiro atoms. The number of hydrogen-bond acceptors (Lipinski definition) is 10. The summed E-state index contributed by atoms with van der Waals surface area (Å²) in [5.41, 5.74) is 0. The van der Waals surface area contributed by atoms with Gasteiger partial charge in [0.2, 0.25) is 0 Å². The topological polar surface area (TPSA) is 155 Å². The van der Waals surface area contributed by atoms with Crippen LogP contribution in [0.15, 0.2) is 170 Å². The van der Waals surface area contributed by atoms with Crippen LogP contribution in [0, 0.1) is 0 Å². The predicted octanol–water partition coefficient (Wildman–Crippen LogP) is 14.3. The molecule has 0 aromatic heterocycles. The number of aliphatic hydroxyl groups is 1. The highest BCUT2D eigenvalue weighted by molar-refractivity contribution is 7.47. The van der Waals surface area contributed by atoms with Crippen molar-refractivity contribution in [3.63, 3.8) is 0 Å². The molecule has 0 rings (SSSR count). The molecule has 3 atom stereocenters. The molecule has 0 saturated carbocycles. The second-order valence-corrected chi connectivity index (χ2v) is 17.0. The highest BCUT2D eigenvalue weighted by atomic mass is 31.2. The molecular formula is C58H85O11P. The van der Waals surface area contributed by atoms with E-state index in [4.69, 9.17) is 23.3 Å². The van der Waals surface area contributed by atoms with Gasteiger partial charge in [0.05, 0.1) is 32.7 Å². The van der Waals surface area contributed by atoms with Gasteiger partial charge >= 0.3 is 25.7 Å². The third kappa shape index (κ3) is 47.9. The molecule has 0 aromatic rings. The summed E-state index contributed by atoms with van der Waals surface area (Å²) in [5.74, 6) is -1.89. The number of phosphoric ester groups is 1. The molecule has 0 amide bonds. The third-order valence-electron chi connectivity index (χ3n) is 9.20. The molecule has 2 N–H and O–H groups in total. The average Bonchev–Trinajstić information content (AvgIpc) is 3.35. The van der Waals surface area contributed by atoms with Crippen LogP contribution in [0.25, 0.3) is 0 Å². The molecule has 0 bridgehead atoms. The molecule has 0 fully saturated rings. The Labute approximate surface area is 421 Å². The summed E-state index contributed by atoms with van der Waals surface area (Å²) in [6.45, 7) is 3.92. The molecule has 11 nitrogen and oxygen atoms in total. The molecule has 0 heterocycles. The van der Waals surface area contributed by atoms with Crippen molar-refractivity contribution in [1.82, 2.24) is 0 Å². The largest absolute Gasteiger partial charge is 0.472 e. The zero-order chi connectivity index (χ0) is 51.3. The van der Waals surface area contributed by atoms with Gasteiger partial charge in [0.15, 0.2) is 6.10 Å². The van der Waals surface area contributed by atoms with Gasteiger partial charge in [-0.05, 0) is 96.3 Å². The SMILES string of the molecule is CC/C=C\C/C=C\C/C=C\C/C=C\C/C=C\CC(=O)OC(CO)COP(=O)(O)OCC(COC(=O)CC/C=C\C/C=C\C/C=C\C/C=C\CC)OC(=O)C/C=C\C/C=C\C/C=C\C/C=C\C/C=C\CC. The maximum absolute atomic E-state index is 12.8. The van der Waals surface area contributed by atoms with E-state index >= 15 is 0 Å². The van der Waals surface area contributed by atoms with E-state index < -0.39 is 64.4 Å². The normalized spacial score (nSPS) is 14.9. The lowest BCUT2D eigenvalue weighted by Crippen LogP contribution is -2.30. The minimum atomic E-state index is -4.82. The Morgan fingerprint density at radius 2 is 0.686 bits per heavy atom. The van der Waals surface area contributed by atoms with E-state index in [1.54, 1.807) is 12.2 Å². The standard InChI is InChI=1S/C58H85O11P/c1-4-7-10-13-16-19-22-25-27-30-33-36-39-42-45-48-57(61)68-54(50-59)52-66-70(63,64)67-53-55(51-65-56(60)47-44-41-38-35-32-29-24-21-18-15-12-9-6-3)69-58(62)49-46-43-40-37-34-31-28-26-23-20-17-14-11-8-5-2/h7-12,16-21,25-29,32-34,36-38,41-43,45-46,54-55,59H,4-6,13-15,22-24,30-31,35,39-40,44,47-53H2,1-3H3,(H,63,64)/b10-7-,11-8-,12-9-,19-16-,20-17-,21-18-,27-25-,28-26-,32-29-,36-33-,37-34-,41-38-,45-42-,46-43-. The summed E-state index contributed by atoms with van der Waals surface area (Å²) in [5, 5.41) is 9.75. The van der Waals surface area contributed by atoms with E-state index in [9.17, 15) is 28.9 Å². The molecule has 70 heavy (non-hydrogen) atoms. The molecule has 0 aliphatic carbocycles. The highest BCUT2D eigenvalue weighted by Crippen LogP contribution is 2.43. The third-order valence-corrected chi connectivity index (χ3v) is 10.1. The van der Waals surface area contributed by atoms with Crippen LogP contribution in [0.2, 0.25) is 0 Å². The second-order valence-electron chi connectivity index (χ2n) is 15.5. The summed E-state index contributed by atoms with van der Waals surface area (Å²) < 4.78 is 39.0. The van der Waals surface area contributed by atoms with E-state index in [2.05, 4.69) is 124 Å². The summed E-state index contributed by atoms with van der Waals surface area (Å²) in [6.07, 6.45) is 66.9. The Balaban J connectivity index is 5.06. The van der Waals surface area contributed by atoms with Crippen LogP contribution >= 0.6 is 7.82 Å². The van der Waals surface area contributed by atoms with Crippen molar-refractivity contribution < 1.29 is 52.2 Å². The first-order chi connectivity index (χ1) is 34.2. The van der Waals surface area contributed by atoms with Crippen LogP contribution in [0.1, 0.15) is 136 Å². The van der Waals surface area contributed by atoms with Gasteiger partial charge in [0.1, 0.15) is 12.7 Å². The van der Waals surface area contributed by atoms with Crippen molar-refractivity contribution in [2.45, 2.75) is 149 Å². The van der Waals surface area contributed by atoms with Crippen LogP contribution in [0.5, 0.6) is 0 Å². The fourth-order valence-corrected chi connectivity index (χ4v) is 6.30. The zero-order valence-corrected chi connectivity index (χ0v) is 43.3. The number of rotatable bonds is 43. The van der Waals surface area contributed by atoms with E-state index in [0.717, 1.165) is 77.0 Å². The maximum atomic E-state index is 12.8. The molecular weight excluding hydrogens is 904 g/mol. The van der Waals surface area contributed by atoms with Crippen LogP contribution < -0.4 is 0 Å². The van der Waals surface area contributed by atoms with Crippen molar-refractivity contribution in [1.29, 1.82) is 0 Å². The number of ether oxygens (including phenoxy) is 3. The zero-order valence-electron chi connectivity index (χ0n) is 42.4. The van der Waals surface area contributed by atoms with Crippen LogP contribution in [-0.4, -0.2) is 66.5 Å². The van der Waals surface area contributed by atoms with Crippen molar-refractivity contribution in [2.24, 2.45) is 0 Å². The number of esters is 3. The van der Waals surface area contributed by atoms with Gasteiger partial charge in [0, 0.05) is 6.42 Å². The monoisotopic (exact) mass is 989 g/mol. The van der Waals surface area contributed by atoms with Gasteiger partial charge in [-0.15, -0.1) is 0 Å². The fraction of sp³-hybridized carbons (Fsp3) is 0.466. The van der Waals surface area contributed by atoms with Gasteiger partial charge in [-0.25, -0.2) is 4.57 Å². The van der Waals surface area contributed by atoms with Gasteiger partial charge in [0.25, 0.3) is 0 Å². The van der Waals surface area contributed by atoms with Crippen LogP contribution in [0.4, 0.5) is 0 Å². The van der Waals surface area contributed by atoms with Crippen molar-refractivity contribution in [2.75, 3.05) is 26.4 Å². The number of carbonyl (C=O) groups is 3. The number of allylic oxidation sites excluding steroid dienone is 26. The minimum Gasteiger partial charge on any atom is -0.462 e. The second kappa shape index (κ2) is 50.2. The summed E-state index contributed by atoms with van der Waals surface area (Å²) in [6, 6.07) is 0. The lowest BCUT2D eigenvalue weighted by Gasteiger charge is -2.21. The van der Waals surface area contributed by atoms with Crippen LogP contribution in [-0.2, 0) is 42.2 Å². The van der Waals surface area contributed by atoms with E-state index in [0.29, 0.717) is 19.3 Å². The first-order valence-electron chi connectivity index (χ1n) is 25.0. The fourth-order valence-electron chi connectivity index (χ4n) is 5.52. The lowest BCUT2D eigenvalue weighted by molar-refractivity contribution is -0.160. The Morgan fingerprint density at radius 1 is 0.400 bits per heavy atom. The summed E-state index contributed by atoms with van der Waals surface area (Å²) in [7, 11) is -4.82. The molecule has 0 aromatic carbocycles. The molecule has 0 aliphatic heterocycles. The predicted molar refractivity (Wildman–Crippen MR) is 288 cm³/mol. The van der Waals surface area contributed by atoms with Gasteiger partial charge < -0.3 is 24.2 Å². The average molecular weight is 989 g/mol.